The summed E-state index contributed by atoms with van der Waals surface area (Å²) >= 11 is 3.28. The molecule has 1 aromatic carbocycles. The van der Waals surface area contributed by atoms with Gasteiger partial charge in [0.05, 0.1) is 12.2 Å². The monoisotopic (exact) mass is 271 g/mol. The molecule has 0 bridgehead atoms. The quantitative estimate of drug-likeness (QED) is 0.680. The highest BCUT2D eigenvalue weighted by atomic mass is 79.9. The van der Waals surface area contributed by atoms with Gasteiger partial charge in [-0.15, -0.1) is 0 Å². The fourth-order valence-electron chi connectivity index (χ4n) is 1.04. The number of carbonyl (C=O) groups excluding carboxylic acids is 1. The minimum Gasteiger partial charge on any atom is -0.462 e. The molecular formula is C11H14BrNO2. The van der Waals surface area contributed by atoms with Crippen LogP contribution in [0.25, 0.3) is 0 Å². The molecule has 0 unspecified atom stereocenters. The zero-order valence-electron chi connectivity index (χ0n) is 8.79. The largest absolute Gasteiger partial charge is 0.462 e. The van der Waals surface area contributed by atoms with E-state index in [1.807, 2.05) is 13.8 Å². The van der Waals surface area contributed by atoms with Gasteiger partial charge in [0.1, 0.15) is 0 Å². The Bertz CT molecular complexity index is 364. The summed E-state index contributed by atoms with van der Waals surface area (Å²) in [6.45, 7) is 4.38. The summed E-state index contributed by atoms with van der Waals surface area (Å²) in [5, 5.41) is 0. The number of nitrogens with two attached hydrogens (primary N) is 1. The van der Waals surface area contributed by atoms with Crippen LogP contribution in [-0.4, -0.2) is 12.6 Å². The minimum atomic E-state index is -0.367. The summed E-state index contributed by atoms with van der Waals surface area (Å²) < 4.78 is 5.92. The summed E-state index contributed by atoms with van der Waals surface area (Å²) in [4.78, 5) is 11.6. The Balaban J connectivity index is 2.74. The zero-order valence-corrected chi connectivity index (χ0v) is 10.4. The molecule has 0 fully saturated rings. The van der Waals surface area contributed by atoms with Crippen LogP contribution >= 0.6 is 15.9 Å². The van der Waals surface area contributed by atoms with E-state index in [1.54, 1.807) is 18.2 Å². The molecule has 0 atom stereocenters. The van der Waals surface area contributed by atoms with Crippen molar-refractivity contribution in [2.45, 2.75) is 13.8 Å². The van der Waals surface area contributed by atoms with Crippen LogP contribution in [0.4, 0.5) is 5.69 Å². The lowest BCUT2D eigenvalue weighted by Crippen LogP contribution is -2.11. The molecule has 0 aromatic heterocycles. The van der Waals surface area contributed by atoms with E-state index >= 15 is 0 Å². The number of esters is 1. The topological polar surface area (TPSA) is 52.3 Å². The van der Waals surface area contributed by atoms with Crippen molar-refractivity contribution in [2.24, 2.45) is 5.92 Å². The van der Waals surface area contributed by atoms with Gasteiger partial charge in [0.15, 0.2) is 0 Å². The molecule has 0 spiro atoms. The molecular weight excluding hydrogens is 258 g/mol. The Labute approximate surface area is 97.7 Å². The number of carbonyl (C=O) groups is 1. The van der Waals surface area contributed by atoms with Crippen molar-refractivity contribution in [1.29, 1.82) is 0 Å². The zero-order chi connectivity index (χ0) is 11.4. The molecule has 82 valence electrons. The normalized spacial score (nSPS) is 10.4. The Kier molecular flexibility index (Phi) is 4.15. The molecule has 0 aliphatic rings. The summed E-state index contributed by atoms with van der Waals surface area (Å²) in [6, 6.07) is 5.11. The van der Waals surface area contributed by atoms with Crippen molar-refractivity contribution in [1.82, 2.24) is 0 Å². The van der Waals surface area contributed by atoms with E-state index in [4.69, 9.17) is 10.5 Å². The smallest absolute Gasteiger partial charge is 0.340 e. The number of ether oxygens (including phenoxy) is 1. The van der Waals surface area contributed by atoms with Crippen molar-refractivity contribution >= 4 is 27.6 Å². The third-order valence-corrected chi connectivity index (χ3v) is 2.27. The average molecular weight is 272 g/mol. The molecule has 1 aromatic rings. The van der Waals surface area contributed by atoms with Crippen LogP contribution in [0.3, 0.4) is 0 Å². The highest BCUT2D eigenvalue weighted by Gasteiger charge is 2.11. The molecule has 4 heteroatoms. The van der Waals surface area contributed by atoms with E-state index in [1.165, 1.54) is 0 Å². The van der Waals surface area contributed by atoms with Gasteiger partial charge in [0.2, 0.25) is 0 Å². The predicted octanol–water partition coefficient (Wildman–Crippen LogP) is 2.84. The van der Waals surface area contributed by atoms with Gasteiger partial charge in [-0.3, -0.25) is 0 Å². The molecule has 0 saturated carbocycles. The standard InChI is InChI=1S/C11H14BrNO2/c1-7(2)6-15-11(14)9-4-3-8(12)5-10(9)13/h3-5,7H,6,13H2,1-2H3. The maximum absolute atomic E-state index is 11.6. The van der Waals surface area contributed by atoms with Gasteiger partial charge < -0.3 is 10.5 Å². The highest BCUT2D eigenvalue weighted by molar-refractivity contribution is 9.10. The van der Waals surface area contributed by atoms with Crippen LogP contribution in [0, 0.1) is 5.92 Å². The van der Waals surface area contributed by atoms with Crippen molar-refractivity contribution < 1.29 is 9.53 Å². The van der Waals surface area contributed by atoms with Crippen molar-refractivity contribution in [2.75, 3.05) is 12.3 Å². The molecule has 2 N–H and O–H groups in total. The van der Waals surface area contributed by atoms with Crippen LogP contribution in [0.2, 0.25) is 0 Å². The average Bonchev–Trinajstić information content (AvgIpc) is 2.14. The van der Waals surface area contributed by atoms with Crippen LogP contribution < -0.4 is 5.73 Å². The summed E-state index contributed by atoms with van der Waals surface area (Å²) in [7, 11) is 0. The van der Waals surface area contributed by atoms with E-state index < -0.39 is 0 Å². The van der Waals surface area contributed by atoms with E-state index in [9.17, 15) is 4.79 Å². The first kappa shape index (κ1) is 12.0. The van der Waals surface area contributed by atoms with Crippen molar-refractivity contribution in [3.05, 3.63) is 28.2 Å². The fourth-order valence-corrected chi connectivity index (χ4v) is 1.42. The van der Waals surface area contributed by atoms with Gasteiger partial charge in [0.25, 0.3) is 0 Å². The molecule has 0 radical (unpaired) electrons. The SMILES string of the molecule is CC(C)COC(=O)c1ccc(Br)cc1N. The van der Waals surface area contributed by atoms with Gasteiger partial charge in [-0.2, -0.15) is 0 Å². The second-order valence-electron chi connectivity index (χ2n) is 3.72. The molecule has 15 heavy (non-hydrogen) atoms. The molecule has 0 aliphatic carbocycles. The van der Waals surface area contributed by atoms with Crippen LogP contribution in [0.15, 0.2) is 22.7 Å². The third kappa shape index (κ3) is 3.55. The Morgan fingerprint density at radius 2 is 2.20 bits per heavy atom. The van der Waals surface area contributed by atoms with Crippen molar-refractivity contribution in [3.8, 4) is 0 Å². The number of nitrogen functional groups attached to an aromatic ring is 1. The number of anilines is 1. The first-order valence-corrected chi connectivity index (χ1v) is 5.52. The summed E-state index contributed by atoms with van der Waals surface area (Å²) in [5.74, 6) is -0.0423. The van der Waals surface area contributed by atoms with Gasteiger partial charge in [-0.1, -0.05) is 29.8 Å². The van der Waals surface area contributed by atoms with E-state index in [0.717, 1.165) is 4.47 Å². The molecule has 0 amide bonds. The van der Waals surface area contributed by atoms with E-state index in [2.05, 4.69) is 15.9 Å². The maximum atomic E-state index is 11.6. The number of rotatable bonds is 3. The van der Waals surface area contributed by atoms with E-state index in [0.29, 0.717) is 23.8 Å². The van der Waals surface area contributed by atoms with Gasteiger partial charge >= 0.3 is 5.97 Å². The number of hydrogen-bond acceptors (Lipinski definition) is 3. The van der Waals surface area contributed by atoms with Crippen LogP contribution in [0.1, 0.15) is 24.2 Å². The summed E-state index contributed by atoms with van der Waals surface area (Å²) in [5.41, 5.74) is 6.54. The molecule has 0 aliphatic heterocycles. The molecule has 1 rings (SSSR count). The summed E-state index contributed by atoms with van der Waals surface area (Å²) in [6.07, 6.45) is 0. The third-order valence-electron chi connectivity index (χ3n) is 1.78. The first-order chi connectivity index (χ1) is 7.00. The van der Waals surface area contributed by atoms with Gasteiger partial charge in [0, 0.05) is 10.2 Å². The number of halogens is 1. The molecule has 3 nitrogen and oxygen atoms in total. The lowest BCUT2D eigenvalue weighted by Gasteiger charge is -2.08. The predicted molar refractivity (Wildman–Crippen MR) is 63.7 cm³/mol. The Morgan fingerprint density at radius 1 is 1.53 bits per heavy atom. The van der Waals surface area contributed by atoms with Crippen LogP contribution in [0.5, 0.6) is 0 Å². The minimum absolute atomic E-state index is 0.325. The number of benzene rings is 1. The van der Waals surface area contributed by atoms with Crippen LogP contribution in [-0.2, 0) is 4.74 Å². The van der Waals surface area contributed by atoms with Crippen molar-refractivity contribution in [3.63, 3.8) is 0 Å². The second-order valence-corrected chi connectivity index (χ2v) is 4.64. The second kappa shape index (κ2) is 5.16. The lowest BCUT2D eigenvalue weighted by molar-refractivity contribution is 0.0460. The van der Waals surface area contributed by atoms with Gasteiger partial charge in [-0.05, 0) is 24.1 Å². The van der Waals surface area contributed by atoms with E-state index in [-0.39, 0.29) is 5.97 Å². The molecule has 0 saturated heterocycles. The molecule has 0 heterocycles. The first-order valence-electron chi connectivity index (χ1n) is 4.73. The lowest BCUT2D eigenvalue weighted by atomic mass is 10.2. The fraction of sp³-hybridized carbons (Fsp3) is 0.364. The number of hydrogen-bond donors (Lipinski definition) is 1. The Morgan fingerprint density at radius 3 is 2.73 bits per heavy atom. The maximum Gasteiger partial charge on any atom is 0.340 e. The Hall–Kier alpha value is -1.03. The van der Waals surface area contributed by atoms with Gasteiger partial charge in [-0.25, -0.2) is 4.79 Å². The highest BCUT2D eigenvalue weighted by Crippen LogP contribution is 2.19.